The van der Waals surface area contributed by atoms with Crippen molar-refractivity contribution in [3.63, 3.8) is 0 Å². The smallest absolute Gasteiger partial charge is 0.0784 e. The lowest BCUT2D eigenvalue weighted by atomic mass is 10.1. The Kier molecular flexibility index (Phi) is 28.8. The molecule has 0 amide bonds. The number of quaternary nitrogens is 1. The van der Waals surface area contributed by atoms with Crippen LogP contribution < -0.4 is 4.70 Å². The summed E-state index contributed by atoms with van der Waals surface area (Å²) in [5.41, 5.74) is 0. The van der Waals surface area contributed by atoms with Crippen molar-refractivity contribution in [2.24, 2.45) is 0 Å². The molecule has 0 bridgehead atoms. The van der Waals surface area contributed by atoms with E-state index in [1.54, 1.807) is 0 Å². The molecule has 0 spiro atoms. The van der Waals surface area contributed by atoms with Crippen molar-refractivity contribution in [2.45, 2.75) is 136 Å². The SMILES string of the molecule is CCCCCCCC[N+](C)(CCCCCCCC)CCCCCCCC.F.[F-]. The van der Waals surface area contributed by atoms with Crippen LogP contribution in [0, 0.1) is 0 Å². The highest BCUT2D eigenvalue weighted by Crippen LogP contribution is 2.16. The molecular weight excluding hydrogens is 352 g/mol. The summed E-state index contributed by atoms with van der Waals surface area (Å²) in [5, 5.41) is 0. The van der Waals surface area contributed by atoms with Crippen LogP contribution in [0.15, 0.2) is 0 Å². The van der Waals surface area contributed by atoms with Crippen LogP contribution in [0.25, 0.3) is 0 Å². The van der Waals surface area contributed by atoms with E-state index in [0.717, 1.165) is 0 Å². The quantitative estimate of drug-likeness (QED) is 0.170. The topological polar surface area (TPSA) is 0 Å². The van der Waals surface area contributed by atoms with E-state index in [1.807, 2.05) is 0 Å². The Morgan fingerprint density at radius 3 is 0.857 bits per heavy atom. The molecule has 0 saturated carbocycles. The molecule has 1 nitrogen and oxygen atoms in total. The van der Waals surface area contributed by atoms with Crippen molar-refractivity contribution >= 4 is 0 Å². The maximum Gasteiger partial charge on any atom is 0.0784 e. The predicted molar refractivity (Wildman–Crippen MR) is 123 cm³/mol. The van der Waals surface area contributed by atoms with Crippen molar-refractivity contribution in [3.05, 3.63) is 0 Å². The Hall–Kier alpha value is -0.180. The molecule has 0 aliphatic rings. The van der Waals surface area contributed by atoms with Gasteiger partial charge in [-0.05, 0) is 38.5 Å². The minimum atomic E-state index is 0. The molecule has 0 aliphatic carbocycles. The summed E-state index contributed by atoms with van der Waals surface area (Å²) < 4.78 is 1.36. The van der Waals surface area contributed by atoms with Gasteiger partial charge in [0.25, 0.3) is 0 Å². The Bertz CT molecular complexity index is 230. The van der Waals surface area contributed by atoms with Gasteiger partial charge in [0.15, 0.2) is 0 Å². The van der Waals surface area contributed by atoms with Crippen LogP contribution in [-0.4, -0.2) is 31.2 Å². The van der Waals surface area contributed by atoms with Gasteiger partial charge in [0.2, 0.25) is 0 Å². The molecule has 28 heavy (non-hydrogen) atoms. The normalized spacial score (nSPS) is 11.1. The zero-order valence-corrected chi connectivity index (χ0v) is 20.1. The molecule has 0 aromatic rings. The molecule has 0 radical (unpaired) electrons. The monoisotopic (exact) mass is 407 g/mol. The van der Waals surface area contributed by atoms with Crippen molar-refractivity contribution in [2.75, 3.05) is 26.7 Å². The number of unbranched alkanes of at least 4 members (excludes halogenated alkanes) is 15. The maximum atomic E-state index is 2.56. The van der Waals surface area contributed by atoms with Crippen LogP contribution in [0.4, 0.5) is 4.70 Å². The number of halogens is 2. The van der Waals surface area contributed by atoms with Crippen LogP contribution in [0.1, 0.15) is 136 Å². The van der Waals surface area contributed by atoms with Gasteiger partial charge >= 0.3 is 0 Å². The van der Waals surface area contributed by atoms with Crippen molar-refractivity contribution < 1.29 is 13.9 Å². The van der Waals surface area contributed by atoms with Crippen LogP contribution in [0.2, 0.25) is 0 Å². The van der Waals surface area contributed by atoms with Gasteiger partial charge in [0.05, 0.1) is 26.7 Å². The van der Waals surface area contributed by atoms with Crippen LogP contribution in [-0.2, 0) is 0 Å². The van der Waals surface area contributed by atoms with Gasteiger partial charge < -0.3 is 9.19 Å². The van der Waals surface area contributed by atoms with Crippen molar-refractivity contribution in [3.8, 4) is 0 Å². The van der Waals surface area contributed by atoms with Crippen molar-refractivity contribution in [1.82, 2.24) is 0 Å². The van der Waals surface area contributed by atoms with E-state index in [0.29, 0.717) is 0 Å². The van der Waals surface area contributed by atoms with Gasteiger partial charge in [-0.15, -0.1) is 0 Å². The molecule has 0 fully saturated rings. The summed E-state index contributed by atoms with van der Waals surface area (Å²) in [6, 6.07) is 0. The van der Waals surface area contributed by atoms with E-state index in [-0.39, 0.29) is 9.41 Å². The van der Waals surface area contributed by atoms with Crippen LogP contribution in [0.5, 0.6) is 0 Å². The largest absolute Gasteiger partial charge is 1.00 e. The standard InChI is InChI=1S/C25H54N.2FH/c1-5-8-11-14-17-20-23-26(4,24-21-18-15-12-9-6-2)25-22-19-16-13-10-7-3;;/h5-25H2,1-4H3;2*1H/q+1;;/p-1. The summed E-state index contributed by atoms with van der Waals surface area (Å²) in [6.07, 6.45) is 25.9. The Morgan fingerprint density at radius 1 is 0.393 bits per heavy atom. The molecule has 0 heterocycles. The zero-order valence-electron chi connectivity index (χ0n) is 20.1. The second-order valence-electron chi connectivity index (χ2n) is 9.09. The van der Waals surface area contributed by atoms with Gasteiger partial charge in [-0.3, -0.25) is 4.70 Å². The van der Waals surface area contributed by atoms with E-state index in [1.165, 1.54) is 140 Å². The van der Waals surface area contributed by atoms with E-state index in [2.05, 4.69) is 27.8 Å². The number of hydrogen-bond acceptors (Lipinski definition) is 0. The summed E-state index contributed by atoms with van der Waals surface area (Å²) >= 11 is 0. The maximum absolute atomic E-state index is 2.56. The van der Waals surface area contributed by atoms with Gasteiger partial charge in [-0.25, -0.2) is 0 Å². The highest BCUT2D eigenvalue weighted by molar-refractivity contribution is 4.51. The fourth-order valence-corrected chi connectivity index (χ4v) is 4.16. The molecule has 0 saturated heterocycles. The lowest BCUT2D eigenvalue weighted by Gasteiger charge is -2.35. The minimum Gasteiger partial charge on any atom is -1.00 e. The summed E-state index contributed by atoms with van der Waals surface area (Å²) in [7, 11) is 2.56. The molecule has 0 rings (SSSR count). The van der Waals surface area contributed by atoms with Crippen molar-refractivity contribution in [1.29, 1.82) is 0 Å². The fraction of sp³-hybridized carbons (Fsp3) is 1.00. The predicted octanol–water partition coefficient (Wildman–Crippen LogP) is 5.67. The average molecular weight is 408 g/mol. The number of hydrogen-bond donors (Lipinski definition) is 0. The van der Waals surface area contributed by atoms with Crippen LogP contribution in [0.3, 0.4) is 0 Å². The Balaban J connectivity index is -0.00000312. The first kappa shape index (κ1) is 32.5. The molecule has 0 aromatic carbocycles. The van der Waals surface area contributed by atoms with Gasteiger partial charge in [0, 0.05) is 0 Å². The summed E-state index contributed by atoms with van der Waals surface area (Å²) in [5.74, 6) is 0. The third kappa shape index (κ3) is 22.1. The minimum absolute atomic E-state index is 0. The van der Waals surface area contributed by atoms with E-state index >= 15 is 0 Å². The molecule has 3 heteroatoms. The summed E-state index contributed by atoms with van der Waals surface area (Å²) in [4.78, 5) is 0. The molecule has 0 N–H and O–H groups in total. The molecule has 0 atom stereocenters. The van der Waals surface area contributed by atoms with E-state index in [4.69, 9.17) is 0 Å². The van der Waals surface area contributed by atoms with Gasteiger partial charge in [-0.2, -0.15) is 0 Å². The van der Waals surface area contributed by atoms with Gasteiger partial charge in [0.1, 0.15) is 0 Å². The molecule has 0 aromatic heterocycles. The second-order valence-corrected chi connectivity index (χ2v) is 9.09. The van der Waals surface area contributed by atoms with E-state index in [9.17, 15) is 0 Å². The highest BCUT2D eigenvalue weighted by Gasteiger charge is 2.20. The molecular formula is C25H55F2N. The lowest BCUT2D eigenvalue weighted by Crippen LogP contribution is -3.00. The first-order valence-corrected chi connectivity index (χ1v) is 12.5. The first-order chi connectivity index (χ1) is 12.7. The zero-order chi connectivity index (χ0) is 19.3. The molecule has 0 aliphatic heterocycles. The first-order valence-electron chi connectivity index (χ1n) is 12.5. The van der Waals surface area contributed by atoms with Crippen LogP contribution >= 0.6 is 0 Å². The summed E-state index contributed by atoms with van der Waals surface area (Å²) in [6.45, 7) is 11.2. The van der Waals surface area contributed by atoms with Gasteiger partial charge in [-0.1, -0.05) is 97.8 Å². The lowest BCUT2D eigenvalue weighted by molar-refractivity contribution is -0.910. The fourth-order valence-electron chi connectivity index (χ4n) is 4.16. The average Bonchev–Trinajstić information content (AvgIpc) is 2.64. The molecule has 174 valence electrons. The highest BCUT2D eigenvalue weighted by atomic mass is 19.0. The number of nitrogens with zero attached hydrogens (tertiary/aromatic N) is 1. The molecule has 0 unspecified atom stereocenters. The third-order valence-corrected chi connectivity index (χ3v) is 6.15. The number of rotatable bonds is 21. The second kappa shape index (κ2) is 24.9. The third-order valence-electron chi connectivity index (χ3n) is 6.15. The Morgan fingerprint density at radius 2 is 0.607 bits per heavy atom. The Labute approximate surface area is 177 Å². The van der Waals surface area contributed by atoms with E-state index < -0.39 is 0 Å².